The average Bonchev–Trinajstić information content (AvgIpc) is 2.31. The van der Waals surface area contributed by atoms with E-state index in [2.05, 4.69) is 57.0 Å². The van der Waals surface area contributed by atoms with Crippen LogP contribution in [0.3, 0.4) is 0 Å². The zero-order valence-electron chi connectivity index (χ0n) is 11.0. The Balaban J connectivity index is 2.78. The van der Waals surface area contributed by atoms with Gasteiger partial charge in [-0.1, -0.05) is 31.2 Å². The third-order valence-corrected chi connectivity index (χ3v) is 3.79. The number of hydrogen-bond acceptors (Lipinski definition) is 2. The molecule has 0 aliphatic heterocycles. The average molecular weight is 220 g/mol. The Hall–Kier alpha value is -0.860. The Bertz CT molecular complexity index is 329. The molecule has 0 saturated carbocycles. The summed E-state index contributed by atoms with van der Waals surface area (Å²) < 4.78 is 0. The molecule has 0 aliphatic rings. The van der Waals surface area contributed by atoms with E-state index >= 15 is 0 Å². The van der Waals surface area contributed by atoms with Crippen LogP contribution in [-0.4, -0.2) is 24.0 Å². The van der Waals surface area contributed by atoms with Crippen LogP contribution in [0.1, 0.15) is 31.4 Å². The number of nitrogens with zero attached hydrogens (tertiary/aromatic N) is 1. The zero-order chi connectivity index (χ0) is 12.2. The first-order chi connectivity index (χ1) is 7.53. The highest BCUT2D eigenvalue weighted by molar-refractivity contribution is 5.25. The summed E-state index contributed by atoms with van der Waals surface area (Å²) in [5, 5.41) is 0. The van der Waals surface area contributed by atoms with Crippen LogP contribution in [0.2, 0.25) is 0 Å². The fraction of sp³-hybridized carbons (Fsp3) is 0.571. The lowest BCUT2D eigenvalue weighted by atomic mass is 9.96. The van der Waals surface area contributed by atoms with Crippen molar-refractivity contribution in [2.45, 2.75) is 39.3 Å². The minimum atomic E-state index is 0.0995. The minimum absolute atomic E-state index is 0.0995. The lowest BCUT2D eigenvalue weighted by Crippen LogP contribution is -2.48. The summed E-state index contributed by atoms with van der Waals surface area (Å²) in [6.07, 6.45) is 1.08. The van der Waals surface area contributed by atoms with Crippen LogP contribution < -0.4 is 5.73 Å². The van der Waals surface area contributed by atoms with Crippen molar-refractivity contribution < 1.29 is 0 Å². The van der Waals surface area contributed by atoms with Crippen molar-refractivity contribution in [1.29, 1.82) is 0 Å². The molecule has 1 aromatic rings. The predicted octanol–water partition coefficient (Wildman–Crippen LogP) is 2.55. The lowest BCUT2D eigenvalue weighted by molar-refractivity contribution is 0.131. The van der Waals surface area contributed by atoms with Crippen LogP contribution in [-0.2, 0) is 6.54 Å². The molecule has 0 aliphatic carbocycles. The lowest BCUT2D eigenvalue weighted by Gasteiger charge is -2.37. The zero-order valence-corrected chi connectivity index (χ0v) is 11.0. The number of nitrogens with two attached hydrogens (primary N) is 1. The number of aryl methyl sites for hydroxylation is 1. The van der Waals surface area contributed by atoms with E-state index < -0.39 is 0 Å². The Morgan fingerprint density at radius 1 is 1.31 bits per heavy atom. The fourth-order valence-corrected chi connectivity index (χ4v) is 1.80. The van der Waals surface area contributed by atoms with Gasteiger partial charge in [0.1, 0.15) is 0 Å². The van der Waals surface area contributed by atoms with Crippen LogP contribution >= 0.6 is 0 Å². The van der Waals surface area contributed by atoms with E-state index in [1.54, 1.807) is 0 Å². The molecule has 1 aromatic carbocycles. The second kappa shape index (κ2) is 5.46. The third-order valence-electron chi connectivity index (χ3n) is 3.79. The van der Waals surface area contributed by atoms with Gasteiger partial charge in [0, 0.05) is 18.6 Å². The van der Waals surface area contributed by atoms with Crippen molar-refractivity contribution in [3.05, 3.63) is 35.4 Å². The predicted molar refractivity (Wildman–Crippen MR) is 70.4 cm³/mol. The monoisotopic (exact) mass is 220 g/mol. The van der Waals surface area contributed by atoms with Crippen molar-refractivity contribution >= 4 is 0 Å². The van der Waals surface area contributed by atoms with Gasteiger partial charge in [-0.25, -0.2) is 0 Å². The summed E-state index contributed by atoms with van der Waals surface area (Å²) >= 11 is 0. The van der Waals surface area contributed by atoms with E-state index in [4.69, 9.17) is 5.73 Å². The molecule has 1 atom stereocenters. The largest absolute Gasteiger partial charge is 0.329 e. The minimum Gasteiger partial charge on any atom is -0.329 e. The first-order valence-corrected chi connectivity index (χ1v) is 5.99. The fourth-order valence-electron chi connectivity index (χ4n) is 1.80. The number of likely N-dealkylation sites (N-methyl/N-ethyl adjacent to an activating group) is 1. The molecule has 16 heavy (non-hydrogen) atoms. The summed E-state index contributed by atoms with van der Waals surface area (Å²) in [7, 11) is 2.16. The molecule has 2 heteroatoms. The Morgan fingerprint density at radius 3 is 2.44 bits per heavy atom. The van der Waals surface area contributed by atoms with E-state index in [1.807, 2.05) is 0 Å². The van der Waals surface area contributed by atoms with Crippen LogP contribution in [0.4, 0.5) is 0 Å². The Morgan fingerprint density at radius 2 is 1.94 bits per heavy atom. The smallest absolute Gasteiger partial charge is 0.0301 e. The molecule has 2 nitrogen and oxygen atoms in total. The summed E-state index contributed by atoms with van der Waals surface area (Å²) in [6.45, 7) is 8.25. The number of rotatable bonds is 5. The van der Waals surface area contributed by atoms with Gasteiger partial charge in [0.15, 0.2) is 0 Å². The molecule has 1 unspecified atom stereocenters. The van der Waals surface area contributed by atoms with Gasteiger partial charge in [-0.05, 0) is 38.4 Å². The molecule has 0 heterocycles. The highest BCUT2D eigenvalue weighted by Crippen LogP contribution is 2.20. The topological polar surface area (TPSA) is 29.3 Å². The van der Waals surface area contributed by atoms with Gasteiger partial charge in [-0.15, -0.1) is 0 Å². The van der Waals surface area contributed by atoms with Crippen molar-refractivity contribution in [3.63, 3.8) is 0 Å². The molecule has 2 N–H and O–H groups in total. The van der Waals surface area contributed by atoms with E-state index in [1.165, 1.54) is 11.1 Å². The standard InChI is InChI=1S/C14H24N2/c1-5-14(3,11-15)16(4)10-13-9-7-6-8-12(13)2/h6-9H,5,10-11,15H2,1-4H3. The maximum Gasteiger partial charge on any atom is 0.0301 e. The van der Waals surface area contributed by atoms with Crippen molar-refractivity contribution in [2.75, 3.05) is 13.6 Å². The highest BCUT2D eigenvalue weighted by atomic mass is 15.2. The van der Waals surface area contributed by atoms with Crippen LogP contribution in [0.15, 0.2) is 24.3 Å². The van der Waals surface area contributed by atoms with Crippen molar-refractivity contribution in [2.24, 2.45) is 5.73 Å². The maximum absolute atomic E-state index is 5.87. The van der Waals surface area contributed by atoms with E-state index in [9.17, 15) is 0 Å². The van der Waals surface area contributed by atoms with Crippen LogP contribution in [0.5, 0.6) is 0 Å². The first kappa shape index (κ1) is 13.2. The summed E-state index contributed by atoms with van der Waals surface area (Å²) in [4.78, 5) is 2.36. The molecule has 90 valence electrons. The van der Waals surface area contributed by atoms with Crippen LogP contribution in [0, 0.1) is 6.92 Å². The van der Waals surface area contributed by atoms with Gasteiger partial charge < -0.3 is 5.73 Å². The number of hydrogen-bond donors (Lipinski definition) is 1. The number of benzene rings is 1. The second-order valence-corrected chi connectivity index (χ2v) is 4.84. The first-order valence-electron chi connectivity index (χ1n) is 5.99. The maximum atomic E-state index is 5.87. The molecular weight excluding hydrogens is 196 g/mol. The molecular formula is C14H24N2. The van der Waals surface area contributed by atoms with Gasteiger partial charge in [0.25, 0.3) is 0 Å². The molecule has 0 saturated heterocycles. The SMILES string of the molecule is CCC(C)(CN)N(C)Cc1ccccc1C. The van der Waals surface area contributed by atoms with Crippen molar-refractivity contribution in [1.82, 2.24) is 4.90 Å². The molecule has 0 aromatic heterocycles. The molecule has 0 amide bonds. The van der Waals surface area contributed by atoms with Gasteiger partial charge in [0.2, 0.25) is 0 Å². The van der Waals surface area contributed by atoms with Gasteiger partial charge in [0.05, 0.1) is 0 Å². The molecule has 1 rings (SSSR count). The summed E-state index contributed by atoms with van der Waals surface area (Å²) in [5.41, 5.74) is 8.71. The molecule has 0 bridgehead atoms. The van der Waals surface area contributed by atoms with E-state index in [0.717, 1.165) is 13.0 Å². The normalized spacial score (nSPS) is 15.1. The van der Waals surface area contributed by atoms with Crippen molar-refractivity contribution in [3.8, 4) is 0 Å². The summed E-state index contributed by atoms with van der Waals surface area (Å²) in [6, 6.07) is 8.54. The Kier molecular flexibility index (Phi) is 4.51. The van der Waals surface area contributed by atoms with E-state index in [0.29, 0.717) is 6.54 Å². The molecule has 0 radical (unpaired) electrons. The third kappa shape index (κ3) is 2.83. The van der Waals surface area contributed by atoms with Gasteiger partial charge >= 0.3 is 0 Å². The second-order valence-electron chi connectivity index (χ2n) is 4.84. The summed E-state index contributed by atoms with van der Waals surface area (Å²) in [5.74, 6) is 0. The molecule has 0 fully saturated rings. The van der Waals surface area contributed by atoms with E-state index in [-0.39, 0.29) is 5.54 Å². The van der Waals surface area contributed by atoms with Gasteiger partial charge in [-0.2, -0.15) is 0 Å². The molecule has 0 spiro atoms. The quantitative estimate of drug-likeness (QED) is 0.826. The Labute approximate surface area is 99.5 Å². The van der Waals surface area contributed by atoms with Crippen LogP contribution in [0.25, 0.3) is 0 Å². The van der Waals surface area contributed by atoms with Gasteiger partial charge in [-0.3, -0.25) is 4.90 Å². The highest BCUT2D eigenvalue weighted by Gasteiger charge is 2.25.